The summed E-state index contributed by atoms with van der Waals surface area (Å²) in [6.07, 6.45) is 3.36. The van der Waals surface area contributed by atoms with E-state index in [9.17, 15) is 9.90 Å². The van der Waals surface area contributed by atoms with E-state index in [-0.39, 0.29) is 11.0 Å². The van der Waals surface area contributed by atoms with Gasteiger partial charge in [0.05, 0.1) is 14.9 Å². The molecule has 1 unspecified atom stereocenters. The lowest BCUT2D eigenvalue weighted by Gasteiger charge is -2.35. The summed E-state index contributed by atoms with van der Waals surface area (Å²) >= 11 is 7.23. The van der Waals surface area contributed by atoms with Gasteiger partial charge in [-0.1, -0.05) is 27.9 Å². The van der Waals surface area contributed by atoms with E-state index in [1.165, 1.54) is 11.3 Å². The quantitative estimate of drug-likeness (QED) is 0.705. The van der Waals surface area contributed by atoms with Crippen LogP contribution in [-0.4, -0.2) is 21.6 Å². The third kappa shape index (κ3) is 2.72. The Kier molecular flexibility index (Phi) is 3.56. The van der Waals surface area contributed by atoms with Crippen LogP contribution < -0.4 is 10.0 Å². The Morgan fingerprint density at radius 3 is 3.05 bits per heavy atom. The molecule has 0 saturated heterocycles. The predicted molar refractivity (Wildman–Crippen MR) is 90.3 cm³/mol. The Bertz CT molecular complexity index is 732. The van der Waals surface area contributed by atoms with Crippen molar-refractivity contribution in [1.29, 1.82) is 0 Å². The van der Waals surface area contributed by atoms with Gasteiger partial charge >= 0.3 is 0 Å². The van der Waals surface area contributed by atoms with Crippen molar-refractivity contribution in [1.82, 2.24) is 4.98 Å². The van der Waals surface area contributed by atoms with Gasteiger partial charge in [0, 0.05) is 11.6 Å². The van der Waals surface area contributed by atoms with E-state index in [0.717, 1.165) is 0 Å². The van der Waals surface area contributed by atoms with Gasteiger partial charge in [-0.15, -0.1) is 11.3 Å². The molecular formula is C13H12ClN3O2S2. The van der Waals surface area contributed by atoms with E-state index >= 15 is 0 Å². The standard InChI is InChI=1S/C13H12ClN3O2S2/c1-21(13(19)16-11-4-2-3-5-15-11)7-9(18)12-8(17-21)6-10(14)20-12/h2-7,17-18H,1H3,(H,15,16,19). The van der Waals surface area contributed by atoms with E-state index in [4.69, 9.17) is 11.6 Å². The fourth-order valence-electron chi connectivity index (χ4n) is 1.91. The Labute approximate surface area is 132 Å². The van der Waals surface area contributed by atoms with Gasteiger partial charge in [0.2, 0.25) is 0 Å². The highest BCUT2D eigenvalue weighted by Gasteiger charge is 2.32. The van der Waals surface area contributed by atoms with Crippen molar-refractivity contribution in [3.8, 4) is 0 Å². The first kappa shape index (κ1) is 14.2. The number of carbonyl (C=O) groups is 1. The highest BCUT2D eigenvalue weighted by molar-refractivity contribution is 8.48. The number of aliphatic hydroxyl groups excluding tert-OH is 1. The molecule has 0 spiro atoms. The van der Waals surface area contributed by atoms with Crippen molar-refractivity contribution in [3.63, 3.8) is 0 Å². The number of thiophene rings is 1. The summed E-state index contributed by atoms with van der Waals surface area (Å²) in [5, 5.41) is 14.2. The maximum atomic E-state index is 12.5. The number of halogens is 1. The zero-order valence-electron chi connectivity index (χ0n) is 11.0. The zero-order valence-corrected chi connectivity index (χ0v) is 13.4. The number of nitrogens with one attached hydrogen (secondary N) is 2. The Hall–Kier alpha value is -1.70. The number of hydrogen-bond acceptors (Lipinski definition) is 5. The molecule has 3 rings (SSSR count). The number of carbonyl (C=O) groups excluding carboxylic acids is 1. The van der Waals surface area contributed by atoms with E-state index in [2.05, 4.69) is 15.0 Å². The molecule has 0 fully saturated rings. The molecule has 110 valence electrons. The highest BCUT2D eigenvalue weighted by Crippen LogP contribution is 2.55. The molecule has 0 aromatic carbocycles. The van der Waals surface area contributed by atoms with E-state index in [0.29, 0.717) is 20.7 Å². The van der Waals surface area contributed by atoms with Crippen LogP contribution in [0.15, 0.2) is 35.9 Å². The molecular weight excluding hydrogens is 330 g/mol. The first-order chi connectivity index (χ1) is 9.98. The molecule has 3 heterocycles. The zero-order chi connectivity index (χ0) is 15.0. The number of aromatic nitrogens is 1. The second kappa shape index (κ2) is 5.25. The predicted octanol–water partition coefficient (Wildman–Crippen LogP) is 4.66. The highest BCUT2D eigenvalue weighted by atomic mass is 35.5. The van der Waals surface area contributed by atoms with E-state index in [1.54, 1.807) is 42.1 Å². The first-order valence-corrected chi connectivity index (χ1v) is 9.26. The van der Waals surface area contributed by atoms with Crippen molar-refractivity contribution in [2.24, 2.45) is 0 Å². The molecule has 1 atom stereocenters. The molecule has 2 aromatic rings. The maximum Gasteiger partial charge on any atom is 0.287 e. The Balaban J connectivity index is 1.88. The average Bonchev–Trinajstić information content (AvgIpc) is 2.80. The summed E-state index contributed by atoms with van der Waals surface area (Å²) in [5.74, 6) is 0.550. The van der Waals surface area contributed by atoms with Gasteiger partial charge in [-0.05, 0) is 24.5 Å². The summed E-state index contributed by atoms with van der Waals surface area (Å²) in [6.45, 7) is 0. The van der Waals surface area contributed by atoms with Gasteiger partial charge in [0.1, 0.15) is 11.6 Å². The lowest BCUT2D eigenvalue weighted by molar-refractivity contribution is 0.269. The lowest BCUT2D eigenvalue weighted by atomic mass is 10.4. The van der Waals surface area contributed by atoms with Crippen LogP contribution in [0.3, 0.4) is 0 Å². The van der Waals surface area contributed by atoms with Crippen LogP contribution in [-0.2, 0) is 0 Å². The number of amides is 1. The number of hydrogen-bond donors (Lipinski definition) is 3. The third-order valence-electron chi connectivity index (χ3n) is 2.88. The largest absolute Gasteiger partial charge is 0.506 e. The van der Waals surface area contributed by atoms with Crippen LogP contribution in [0.1, 0.15) is 4.88 Å². The van der Waals surface area contributed by atoms with Crippen molar-refractivity contribution >= 4 is 55.7 Å². The smallest absolute Gasteiger partial charge is 0.287 e. The second-order valence-electron chi connectivity index (χ2n) is 4.51. The molecule has 1 aliphatic heterocycles. The van der Waals surface area contributed by atoms with Crippen molar-refractivity contribution in [3.05, 3.63) is 45.1 Å². The number of anilines is 2. The van der Waals surface area contributed by atoms with Gasteiger partial charge in [-0.25, -0.2) is 4.98 Å². The number of rotatable bonds is 1. The summed E-state index contributed by atoms with van der Waals surface area (Å²) in [4.78, 5) is 17.2. The number of pyridine rings is 1. The summed E-state index contributed by atoms with van der Waals surface area (Å²) < 4.78 is 3.73. The molecule has 0 saturated carbocycles. The van der Waals surface area contributed by atoms with Crippen LogP contribution in [0.25, 0.3) is 5.76 Å². The van der Waals surface area contributed by atoms with Crippen LogP contribution in [0.5, 0.6) is 0 Å². The molecule has 0 aliphatic carbocycles. The fraction of sp³-hybridized carbons (Fsp3) is 0.0769. The minimum atomic E-state index is -2.07. The van der Waals surface area contributed by atoms with Crippen LogP contribution in [0.4, 0.5) is 16.3 Å². The molecule has 8 heteroatoms. The maximum absolute atomic E-state index is 12.5. The van der Waals surface area contributed by atoms with E-state index < -0.39 is 10.2 Å². The molecule has 2 aromatic heterocycles. The summed E-state index contributed by atoms with van der Waals surface area (Å²) in [6, 6.07) is 6.98. The summed E-state index contributed by atoms with van der Waals surface area (Å²) in [7, 11) is -2.07. The van der Waals surface area contributed by atoms with Crippen molar-refractivity contribution in [2.45, 2.75) is 0 Å². The van der Waals surface area contributed by atoms with Gasteiger partial charge in [0.25, 0.3) is 5.24 Å². The lowest BCUT2D eigenvalue weighted by Crippen LogP contribution is -2.25. The van der Waals surface area contributed by atoms with Gasteiger partial charge < -0.3 is 15.1 Å². The molecule has 5 nitrogen and oxygen atoms in total. The molecule has 21 heavy (non-hydrogen) atoms. The van der Waals surface area contributed by atoms with Crippen molar-refractivity contribution < 1.29 is 9.90 Å². The number of aliphatic hydroxyl groups is 1. The van der Waals surface area contributed by atoms with Gasteiger partial charge in [0.15, 0.2) is 0 Å². The van der Waals surface area contributed by atoms with Crippen LogP contribution in [0, 0.1) is 0 Å². The van der Waals surface area contributed by atoms with Gasteiger partial charge in [-0.2, -0.15) is 0 Å². The molecule has 1 amide bonds. The van der Waals surface area contributed by atoms with Crippen LogP contribution in [0.2, 0.25) is 4.34 Å². The molecule has 3 N–H and O–H groups in total. The summed E-state index contributed by atoms with van der Waals surface area (Å²) in [5.41, 5.74) is 0.679. The minimum absolute atomic E-state index is 0.0781. The Morgan fingerprint density at radius 1 is 1.52 bits per heavy atom. The van der Waals surface area contributed by atoms with Crippen molar-refractivity contribution in [2.75, 3.05) is 16.3 Å². The number of nitrogens with zero attached hydrogens (tertiary/aromatic N) is 1. The fourth-order valence-corrected chi connectivity index (χ4v) is 4.90. The molecule has 0 radical (unpaired) electrons. The first-order valence-electron chi connectivity index (χ1n) is 5.96. The molecule has 1 aliphatic rings. The van der Waals surface area contributed by atoms with E-state index in [1.807, 2.05) is 0 Å². The number of fused-ring (bicyclic) bond motifs is 1. The molecule has 0 bridgehead atoms. The normalized spacial score (nSPS) is 23.2. The minimum Gasteiger partial charge on any atom is -0.506 e. The SMILES string of the molecule is CS1(C(=O)Nc2ccccn2)C=C(O)c2sc(Cl)cc2N1. The van der Waals surface area contributed by atoms with Gasteiger partial charge in [-0.3, -0.25) is 4.79 Å². The third-order valence-corrected chi connectivity index (χ3v) is 6.38. The Morgan fingerprint density at radius 2 is 2.33 bits per heavy atom. The topological polar surface area (TPSA) is 74.2 Å². The average molecular weight is 342 g/mol. The monoisotopic (exact) mass is 341 g/mol. The second-order valence-corrected chi connectivity index (χ2v) is 8.97. The van der Waals surface area contributed by atoms with Crippen LogP contribution >= 0.6 is 33.2 Å².